The molecular weight excluding hydrogens is 292 g/mol. The molecule has 0 bridgehead atoms. The van der Waals surface area contributed by atoms with E-state index in [1.165, 1.54) is 32.1 Å². The van der Waals surface area contributed by atoms with Crippen LogP contribution in [0.3, 0.4) is 0 Å². The van der Waals surface area contributed by atoms with E-state index in [1.54, 1.807) is 7.11 Å². The fraction of sp³-hybridized carbons (Fsp3) is 0.600. The van der Waals surface area contributed by atoms with Crippen molar-refractivity contribution in [3.8, 4) is 11.5 Å². The van der Waals surface area contributed by atoms with Gasteiger partial charge in [0.15, 0.2) is 0 Å². The van der Waals surface area contributed by atoms with E-state index in [4.69, 9.17) is 9.47 Å². The van der Waals surface area contributed by atoms with Crippen LogP contribution in [0.2, 0.25) is 0 Å². The summed E-state index contributed by atoms with van der Waals surface area (Å²) in [6.07, 6.45) is 7.71. The van der Waals surface area contributed by atoms with Crippen LogP contribution in [0, 0.1) is 0 Å². The summed E-state index contributed by atoms with van der Waals surface area (Å²) in [5, 5.41) is 0. The van der Waals surface area contributed by atoms with Crippen molar-refractivity contribution >= 4 is 15.9 Å². The number of halogens is 1. The summed E-state index contributed by atoms with van der Waals surface area (Å²) in [4.78, 5) is 0. The van der Waals surface area contributed by atoms with Crippen molar-refractivity contribution in [3.05, 3.63) is 22.7 Å². The zero-order valence-corrected chi connectivity index (χ0v) is 13.0. The lowest BCUT2D eigenvalue weighted by Gasteiger charge is -2.09. The van der Waals surface area contributed by atoms with E-state index in [1.807, 2.05) is 18.2 Å². The van der Waals surface area contributed by atoms with Crippen LogP contribution in [0.4, 0.5) is 0 Å². The third-order valence-electron chi connectivity index (χ3n) is 2.89. The second-order valence-corrected chi connectivity index (χ2v) is 5.27. The number of rotatable bonds is 9. The number of hydrogen-bond donors (Lipinski definition) is 0. The molecule has 0 unspecified atom stereocenters. The van der Waals surface area contributed by atoms with Crippen LogP contribution >= 0.6 is 15.9 Å². The Morgan fingerprint density at radius 1 is 1.06 bits per heavy atom. The van der Waals surface area contributed by atoms with E-state index in [9.17, 15) is 0 Å². The third kappa shape index (κ3) is 5.76. The highest BCUT2D eigenvalue weighted by Crippen LogP contribution is 2.29. The van der Waals surface area contributed by atoms with E-state index in [0.29, 0.717) is 0 Å². The molecule has 0 heterocycles. The van der Waals surface area contributed by atoms with Gasteiger partial charge in [-0.05, 0) is 40.5 Å². The molecule has 0 fully saturated rings. The number of ether oxygens (including phenoxy) is 2. The monoisotopic (exact) mass is 314 g/mol. The fourth-order valence-electron chi connectivity index (χ4n) is 1.79. The van der Waals surface area contributed by atoms with Gasteiger partial charge in [0.25, 0.3) is 0 Å². The van der Waals surface area contributed by atoms with Gasteiger partial charge in [0.2, 0.25) is 0 Å². The van der Waals surface area contributed by atoms with Gasteiger partial charge < -0.3 is 9.47 Å². The predicted molar refractivity (Wildman–Crippen MR) is 79.6 cm³/mol. The molecule has 102 valence electrons. The van der Waals surface area contributed by atoms with E-state index in [2.05, 4.69) is 22.9 Å². The molecule has 0 N–H and O–H groups in total. The predicted octanol–water partition coefficient (Wildman–Crippen LogP) is 5.20. The Morgan fingerprint density at radius 3 is 2.44 bits per heavy atom. The van der Waals surface area contributed by atoms with Crippen LogP contribution in [-0.2, 0) is 0 Å². The Kier molecular flexibility index (Phi) is 7.90. The quantitative estimate of drug-likeness (QED) is 0.583. The van der Waals surface area contributed by atoms with Crippen LogP contribution in [-0.4, -0.2) is 13.7 Å². The maximum Gasteiger partial charge on any atom is 0.133 e. The number of hydrogen-bond acceptors (Lipinski definition) is 2. The van der Waals surface area contributed by atoms with Crippen molar-refractivity contribution in [3.63, 3.8) is 0 Å². The van der Waals surface area contributed by atoms with Gasteiger partial charge in [-0.1, -0.05) is 39.0 Å². The first-order valence-electron chi connectivity index (χ1n) is 6.74. The van der Waals surface area contributed by atoms with Crippen LogP contribution < -0.4 is 9.47 Å². The van der Waals surface area contributed by atoms with E-state index >= 15 is 0 Å². The number of benzene rings is 1. The number of methoxy groups -OCH3 is 1. The molecule has 0 aliphatic heterocycles. The molecule has 0 spiro atoms. The van der Waals surface area contributed by atoms with E-state index in [0.717, 1.165) is 29.0 Å². The molecule has 1 rings (SSSR count). The van der Waals surface area contributed by atoms with Gasteiger partial charge in [0, 0.05) is 0 Å². The van der Waals surface area contributed by atoms with Crippen LogP contribution in [0.5, 0.6) is 11.5 Å². The van der Waals surface area contributed by atoms with Gasteiger partial charge in [0.1, 0.15) is 11.5 Å². The normalized spacial score (nSPS) is 10.4. The molecule has 0 aliphatic rings. The first-order valence-corrected chi connectivity index (χ1v) is 7.53. The molecule has 0 saturated carbocycles. The summed E-state index contributed by atoms with van der Waals surface area (Å²) in [6.45, 7) is 3.03. The van der Waals surface area contributed by atoms with Crippen molar-refractivity contribution < 1.29 is 9.47 Å². The van der Waals surface area contributed by atoms with Crippen LogP contribution in [0.15, 0.2) is 22.7 Å². The smallest absolute Gasteiger partial charge is 0.133 e. The van der Waals surface area contributed by atoms with Crippen molar-refractivity contribution in [2.75, 3.05) is 13.7 Å². The molecule has 18 heavy (non-hydrogen) atoms. The van der Waals surface area contributed by atoms with Crippen LogP contribution in [0.25, 0.3) is 0 Å². The van der Waals surface area contributed by atoms with Gasteiger partial charge in [-0.2, -0.15) is 0 Å². The maximum absolute atomic E-state index is 5.74. The maximum atomic E-state index is 5.74. The highest BCUT2D eigenvalue weighted by Gasteiger charge is 2.02. The van der Waals surface area contributed by atoms with Gasteiger partial charge in [-0.15, -0.1) is 0 Å². The summed E-state index contributed by atoms with van der Waals surface area (Å²) < 4.78 is 11.8. The Labute approximate surface area is 119 Å². The molecule has 0 aliphatic carbocycles. The molecule has 0 atom stereocenters. The molecule has 0 aromatic heterocycles. The largest absolute Gasteiger partial charge is 0.497 e. The Morgan fingerprint density at radius 2 is 1.78 bits per heavy atom. The first kappa shape index (κ1) is 15.4. The minimum absolute atomic E-state index is 0.789. The van der Waals surface area contributed by atoms with Crippen molar-refractivity contribution in [1.29, 1.82) is 0 Å². The zero-order chi connectivity index (χ0) is 13.2. The Bertz CT molecular complexity index is 339. The molecule has 1 aromatic rings. The second kappa shape index (κ2) is 9.26. The van der Waals surface area contributed by atoms with Gasteiger partial charge in [-0.3, -0.25) is 0 Å². The average molecular weight is 315 g/mol. The summed E-state index contributed by atoms with van der Waals surface area (Å²) in [7, 11) is 1.67. The molecule has 3 heteroatoms. The molecule has 1 aromatic carbocycles. The van der Waals surface area contributed by atoms with Crippen LogP contribution in [0.1, 0.15) is 45.4 Å². The number of unbranched alkanes of at least 4 members (excludes halogenated alkanes) is 5. The van der Waals surface area contributed by atoms with E-state index in [-0.39, 0.29) is 0 Å². The molecule has 2 nitrogen and oxygen atoms in total. The summed E-state index contributed by atoms with van der Waals surface area (Å²) in [5.41, 5.74) is 0. The van der Waals surface area contributed by atoms with Gasteiger partial charge >= 0.3 is 0 Å². The average Bonchev–Trinajstić information content (AvgIpc) is 2.39. The van der Waals surface area contributed by atoms with E-state index < -0.39 is 0 Å². The topological polar surface area (TPSA) is 18.5 Å². The summed E-state index contributed by atoms with van der Waals surface area (Å²) >= 11 is 3.49. The Hall–Kier alpha value is -0.700. The van der Waals surface area contributed by atoms with Crippen molar-refractivity contribution in [1.82, 2.24) is 0 Å². The minimum Gasteiger partial charge on any atom is -0.497 e. The SMILES string of the molecule is CCCCCCCCOc1ccc(OC)cc1Br. The highest BCUT2D eigenvalue weighted by atomic mass is 79.9. The minimum atomic E-state index is 0.789. The van der Waals surface area contributed by atoms with Crippen molar-refractivity contribution in [2.45, 2.75) is 45.4 Å². The van der Waals surface area contributed by atoms with Crippen molar-refractivity contribution in [2.24, 2.45) is 0 Å². The standard InChI is InChI=1S/C15H23BrO2/c1-3-4-5-6-7-8-11-18-15-10-9-13(17-2)12-14(15)16/h9-10,12H,3-8,11H2,1-2H3. The molecular formula is C15H23BrO2. The lowest BCUT2D eigenvalue weighted by molar-refractivity contribution is 0.302. The summed E-state index contributed by atoms with van der Waals surface area (Å²) in [6, 6.07) is 5.79. The molecule has 0 saturated heterocycles. The molecule has 0 radical (unpaired) electrons. The molecule has 0 amide bonds. The third-order valence-corrected chi connectivity index (χ3v) is 3.51. The Balaban J connectivity index is 2.19. The summed E-state index contributed by atoms with van der Waals surface area (Å²) in [5.74, 6) is 1.73. The van der Waals surface area contributed by atoms with Gasteiger partial charge in [0.05, 0.1) is 18.2 Å². The fourth-order valence-corrected chi connectivity index (χ4v) is 2.26. The second-order valence-electron chi connectivity index (χ2n) is 4.41. The first-order chi connectivity index (χ1) is 8.77. The lowest BCUT2D eigenvalue weighted by atomic mass is 10.1. The lowest BCUT2D eigenvalue weighted by Crippen LogP contribution is -1.98. The van der Waals surface area contributed by atoms with Gasteiger partial charge in [-0.25, -0.2) is 0 Å². The highest BCUT2D eigenvalue weighted by molar-refractivity contribution is 9.10. The zero-order valence-electron chi connectivity index (χ0n) is 11.4.